The molecule has 5 nitrogen and oxygen atoms in total. The van der Waals surface area contributed by atoms with Crippen molar-refractivity contribution in [1.29, 1.82) is 0 Å². The first-order valence-electron chi connectivity index (χ1n) is 8.96. The summed E-state index contributed by atoms with van der Waals surface area (Å²) < 4.78 is 22.7. The minimum atomic E-state index is -2.93. The van der Waals surface area contributed by atoms with Crippen LogP contribution in [-0.2, 0) is 16.3 Å². The van der Waals surface area contributed by atoms with E-state index < -0.39 is 9.84 Å². The van der Waals surface area contributed by atoms with Gasteiger partial charge >= 0.3 is 0 Å². The first-order chi connectivity index (χ1) is 11.7. The van der Waals surface area contributed by atoms with E-state index in [1.807, 2.05) is 13.0 Å². The molecule has 0 amide bonds. The third kappa shape index (κ3) is 12.5. The van der Waals surface area contributed by atoms with E-state index in [0.717, 1.165) is 31.9 Å². The molecular formula is C19H34IN3O2S. The maximum atomic E-state index is 11.3. The van der Waals surface area contributed by atoms with Gasteiger partial charge in [-0.1, -0.05) is 44.2 Å². The summed E-state index contributed by atoms with van der Waals surface area (Å²) in [6.45, 7) is 8.40. The van der Waals surface area contributed by atoms with Crippen LogP contribution in [0.4, 0.5) is 0 Å². The van der Waals surface area contributed by atoms with Gasteiger partial charge in [0, 0.05) is 25.9 Å². The van der Waals surface area contributed by atoms with Gasteiger partial charge in [-0.15, -0.1) is 24.0 Å². The second-order valence-electron chi connectivity index (χ2n) is 7.26. The van der Waals surface area contributed by atoms with Crippen molar-refractivity contribution in [1.82, 2.24) is 10.6 Å². The highest BCUT2D eigenvalue weighted by Gasteiger charge is 2.20. The number of nitrogens with zero attached hydrogens (tertiary/aromatic N) is 1. The fourth-order valence-electron chi connectivity index (χ4n) is 2.32. The molecule has 0 atom stereocenters. The number of rotatable bonds is 10. The van der Waals surface area contributed by atoms with Crippen molar-refractivity contribution >= 4 is 39.8 Å². The fraction of sp³-hybridized carbons (Fsp3) is 0.632. The highest BCUT2D eigenvalue weighted by molar-refractivity contribution is 14.0. The third-order valence-electron chi connectivity index (χ3n) is 3.94. The Labute approximate surface area is 176 Å². The monoisotopic (exact) mass is 495 g/mol. The normalized spacial score (nSPS) is 12.4. The van der Waals surface area contributed by atoms with E-state index in [1.165, 1.54) is 11.8 Å². The van der Waals surface area contributed by atoms with Crippen LogP contribution in [0.5, 0.6) is 0 Å². The molecule has 1 aromatic carbocycles. The quantitative estimate of drug-likeness (QED) is 0.226. The molecule has 0 radical (unpaired) electrons. The highest BCUT2D eigenvalue weighted by atomic mass is 127. The standard InChI is InChI=1S/C19H33N3O2S.HI/c1-5-20-18(21-14-9-12-17-10-7-6-8-11-17)22-16-19(2,3)13-15-25(4,23)24;/h6-8,10-11H,5,9,12-16H2,1-4H3,(H2,20,21,22);1H. The van der Waals surface area contributed by atoms with Crippen LogP contribution in [-0.4, -0.2) is 46.0 Å². The molecular weight excluding hydrogens is 461 g/mol. The molecule has 0 fully saturated rings. The Kier molecular flexibility index (Phi) is 12.1. The van der Waals surface area contributed by atoms with Gasteiger partial charge in [-0.25, -0.2) is 8.42 Å². The van der Waals surface area contributed by atoms with Crippen LogP contribution in [0.2, 0.25) is 0 Å². The molecule has 0 saturated carbocycles. The molecule has 150 valence electrons. The lowest BCUT2D eigenvalue weighted by Gasteiger charge is -2.22. The summed E-state index contributed by atoms with van der Waals surface area (Å²) in [6.07, 6.45) is 3.96. The number of aryl methyl sites for hydroxylation is 1. The molecule has 1 aromatic rings. The molecule has 7 heteroatoms. The molecule has 0 saturated heterocycles. The van der Waals surface area contributed by atoms with Crippen molar-refractivity contribution in [3.63, 3.8) is 0 Å². The lowest BCUT2D eigenvalue weighted by molar-refractivity contribution is 0.365. The van der Waals surface area contributed by atoms with Gasteiger partial charge < -0.3 is 10.6 Å². The summed E-state index contributed by atoms with van der Waals surface area (Å²) in [7, 11) is -2.93. The predicted octanol–water partition coefficient (Wildman–Crippen LogP) is 3.25. The van der Waals surface area contributed by atoms with Crippen LogP contribution in [0.25, 0.3) is 0 Å². The first-order valence-corrected chi connectivity index (χ1v) is 11.0. The number of guanidine groups is 1. The molecule has 0 aliphatic rings. The van der Waals surface area contributed by atoms with E-state index in [4.69, 9.17) is 0 Å². The number of benzene rings is 1. The number of halogens is 1. The van der Waals surface area contributed by atoms with Crippen molar-refractivity contribution in [2.24, 2.45) is 10.4 Å². The largest absolute Gasteiger partial charge is 0.357 e. The molecule has 0 aliphatic heterocycles. The topological polar surface area (TPSA) is 70.6 Å². The third-order valence-corrected chi connectivity index (χ3v) is 4.88. The smallest absolute Gasteiger partial charge is 0.191 e. The number of hydrogen-bond acceptors (Lipinski definition) is 3. The van der Waals surface area contributed by atoms with Crippen LogP contribution in [0, 0.1) is 5.41 Å². The second kappa shape index (κ2) is 12.5. The number of hydrogen-bond donors (Lipinski definition) is 2. The fourth-order valence-corrected chi connectivity index (χ4v) is 3.24. The number of sulfone groups is 1. The highest BCUT2D eigenvalue weighted by Crippen LogP contribution is 2.21. The Balaban J connectivity index is 0.00000625. The van der Waals surface area contributed by atoms with Crippen molar-refractivity contribution in [2.75, 3.05) is 31.6 Å². The van der Waals surface area contributed by atoms with Gasteiger partial charge in [-0.2, -0.15) is 0 Å². The minimum Gasteiger partial charge on any atom is -0.357 e. The molecule has 0 unspecified atom stereocenters. The molecule has 2 N–H and O–H groups in total. The summed E-state index contributed by atoms with van der Waals surface area (Å²) >= 11 is 0. The van der Waals surface area contributed by atoms with Crippen molar-refractivity contribution in [2.45, 2.75) is 40.0 Å². The number of aliphatic imine (C=N–C) groups is 1. The molecule has 0 spiro atoms. The van der Waals surface area contributed by atoms with Gasteiger partial charge in [0.15, 0.2) is 5.96 Å². The average Bonchev–Trinajstić information content (AvgIpc) is 2.55. The van der Waals surface area contributed by atoms with Crippen LogP contribution in [0.15, 0.2) is 35.3 Å². The van der Waals surface area contributed by atoms with Gasteiger partial charge in [0.25, 0.3) is 0 Å². The number of nitrogens with one attached hydrogen (secondary N) is 2. The van der Waals surface area contributed by atoms with E-state index in [0.29, 0.717) is 13.0 Å². The average molecular weight is 495 g/mol. The van der Waals surface area contributed by atoms with Crippen molar-refractivity contribution in [3.05, 3.63) is 35.9 Å². The van der Waals surface area contributed by atoms with Crippen molar-refractivity contribution < 1.29 is 8.42 Å². The summed E-state index contributed by atoms with van der Waals surface area (Å²) in [4.78, 5) is 4.63. The minimum absolute atomic E-state index is 0. The van der Waals surface area contributed by atoms with Crippen LogP contribution >= 0.6 is 24.0 Å². The Morgan fingerprint density at radius 2 is 1.81 bits per heavy atom. The lowest BCUT2D eigenvalue weighted by Crippen LogP contribution is -2.38. The van der Waals surface area contributed by atoms with Crippen LogP contribution in [0.3, 0.4) is 0 Å². The zero-order chi connectivity index (χ0) is 18.8. The van der Waals surface area contributed by atoms with Gasteiger partial charge in [-0.05, 0) is 37.2 Å². The second-order valence-corrected chi connectivity index (χ2v) is 9.51. The van der Waals surface area contributed by atoms with E-state index >= 15 is 0 Å². The Hall–Kier alpha value is -0.830. The summed E-state index contributed by atoms with van der Waals surface area (Å²) in [5.41, 5.74) is 1.20. The molecule has 0 aromatic heterocycles. The van der Waals surface area contributed by atoms with E-state index in [-0.39, 0.29) is 35.1 Å². The maximum Gasteiger partial charge on any atom is 0.191 e. The van der Waals surface area contributed by atoms with Crippen LogP contribution in [0.1, 0.15) is 39.2 Å². The van der Waals surface area contributed by atoms with E-state index in [2.05, 4.69) is 53.7 Å². The predicted molar refractivity (Wildman–Crippen MR) is 122 cm³/mol. The Morgan fingerprint density at radius 1 is 1.15 bits per heavy atom. The van der Waals surface area contributed by atoms with Crippen LogP contribution < -0.4 is 10.6 Å². The van der Waals surface area contributed by atoms with E-state index in [9.17, 15) is 8.42 Å². The molecule has 0 bridgehead atoms. The van der Waals surface area contributed by atoms with Crippen molar-refractivity contribution in [3.8, 4) is 0 Å². The zero-order valence-corrected chi connectivity index (χ0v) is 19.6. The van der Waals surface area contributed by atoms with Gasteiger partial charge in [0.1, 0.15) is 9.84 Å². The Morgan fingerprint density at radius 3 is 2.38 bits per heavy atom. The summed E-state index contributed by atoms with van der Waals surface area (Å²) in [5.74, 6) is 0.999. The molecule has 26 heavy (non-hydrogen) atoms. The SMILES string of the molecule is CCNC(=NCC(C)(C)CCS(C)(=O)=O)NCCCc1ccccc1.I. The molecule has 0 heterocycles. The van der Waals surface area contributed by atoms with Gasteiger partial charge in [-0.3, -0.25) is 4.99 Å². The summed E-state index contributed by atoms with van der Waals surface area (Å²) in [5, 5.41) is 6.60. The first kappa shape index (κ1) is 25.2. The van der Waals surface area contributed by atoms with Gasteiger partial charge in [0.05, 0.1) is 5.75 Å². The van der Waals surface area contributed by atoms with E-state index in [1.54, 1.807) is 0 Å². The molecule has 1 rings (SSSR count). The lowest BCUT2D eigenvalue weighted by atomic mass is 9.90. The Bertz CT molecular complexity index is 631. The summed E-state index contributed by atoms with van der Waals surface area (Å²) in [6, 6.07) is 10.4. The van der Waals surface area contributed by atoms with Gasteiger partial charge in [0.2, 0.25) is 0 Å². The molecule has 0 aliphatic carbocycles. The maximum absolute atomic E-state index is 11.3. The zero-order valence-electron chi connectivity index (χ0n) is 16.4.